The molecule has 5 atom stereocenters. The molecule has 3 fully saturated rings. The maximum Gasteiger partial charge on any atom is 0.314 e. The van der Waals surface area contributed by atoms with Crippen molar-refractivity contribution < 1.29 is 19.4 Å². The summed E-state index contributed by atoms with van der Waals surface area (Å²) < 4.78 is 10.3. The van der Waals surface area contributed by atoms with E-state index in [2.05, 4.69) is 0 Å². The number of aliphatic hydroxyl groups excluding tert-OH is 1. The van der Waals surface area contributed by atoms with Crippen molar-refractivity contribution in [1.29, 1.82) is 0 Å². The molecule has 0 unspecified atom stereocenters. The van der Waals surface area contributed by atoms with Gasteiger partial charge in [-0.3, -0.25) is 4.79 Å². The second-order valence-electron chi connectivity index (χ2n) is 3.37. The van der Waals surface area contributed by atoms with Crippen LogP contribution in [0.5, 0.6) is 0 Å². The first-order valence-electron chi connectivity index (χ1n) is 3.81. The maximum atomic E-state index is 11.0. The summed E-state index contributed by atoms with van der Waals surface area (Å²) in [5.41, 5.74) is 0. The van der Waals surface area contributed by atoms with Crippen LogP contribution in [0, 0.1) is 5.92 Å². The predicted octanol–water partition coefficient (Wildman–Crippen LogP) is -0.940. The van der Waals surface area contributed by atoms with Crippen LogP contribution in [0.25, 0.3) is 0 Å². The van der Waals surface area contributed by atoms with Crippen molar-refractivity contribution in [1.82, 2.24) is 0 Å². The second-order valence-corrected chi connectivity index (χ2v) is 3.37. The van der Waals surface area contributed by atoms with Gasteiger partial charge in [-0.05, 0) is 0 Å². The van der Waals surface area contributed by atoms with E-state index in [0.717, 1.165) is 0 Å². The van der Waals surface area contributed by atoms with Crippen LogP contribution in [0.3, 0.4) is 0 Å². The highest BCUT2D eigenvalue weighted by molar-refractivity contribution is 5.77. The third-order valence-electron chi connectivity index (χ3n) is 2.81. The van der Waals surface area contributed by atoms with E-state index in [0.29, 0.717) is 6.42 Å². The van der Waals surface area contributed by atoms with Gasteiger partial charge in [0.2, 0.25) is 0 Å². The molecule has 0 aromatic heterocycles. The number of fused-ring (bicyclic) bond motifs is 1. The lowest BCUT2D eigenvalue weighted by atomic mass is 9.88. The molecule has 0 amide bonds. The summed E-state index contributed by atoms with van der Waals surface area (Å²) in [6.07, 6.45) is -0.315. The van der Waals surface area contributed by atoms with Crippen LogP contribution >= 0.6 is 0 Å². The van der Waals surface area contributed by atoms with Crippen molar-refractivity contribution in [3.63, 3.8) is 0 Å². The fraction of sp³-hybridized carbons (Fsp3) is 0.857. The van der Waals surface area contributed by atoms with Gasteiger partial charge in [-0.25, -0.2) is 0 Å². The molecule has 3 rings (SSSR count). The molecule has 0 radical (unpaired) electrons. The summed E-state index contributed by atoms with van der Waals surface area (Å²) in [5.74, 6) is -0.675. The summed E-state index contributed by atoms with van der Waals surface area (Å²) >= 11 is 0. The highest BCUT2D eigenvalue weighted by Gasteiger charge is 2.63. The topological polar surface area (TPSA) is 55.8 Å². The molecule has 0 aromatic carbocycles. The highest BCUT2D eigenvalue weighted by atomic mass is 16.6. The number of aliphatic hydroxyl groups is 1. The van der Waals surface area contributed by atoms with Gasteiger partial charge in [0.1, 0.15) is 18.1 Å². The third kappa shape index (κ3) is 0.520. The Hall–Kier alpha value is -0.610. The van der Waals surface area contributed by atoms with Crippen molar-refractivity contribution in [2.24, 2.45) is 5.92 Å². The van der Waals surface area contributed by atoms with E-state index in [1.54, 1.807) is 0 Å². The minimum absolute atomic E-state index is 0.0686. The van der Waals surface area contributed by atoms with Crippen molar-refractivity contribution >= 4 is 5.97 Å². The first kappa shape index (κ1) is 5.97. The summed E-state index contributed by atoms with van der Waals surface area (Å²) in [6.45, 7) is 0. The second kappa shape index (κ2) is 1.59. The number of rotatable bonds is 0. The van der Waals surface area contributed by atoms with E-state index in [1.807, 2.05) is 0 Å². The largest absolute Gasteiger partial charge is 0.459 e. The molecule has 60 valence electrons. The lowest BCUT2D eigenvalue weighted by Crippen LogP contribution is -2.35. The van der Waals surface area contributed by atoms with E-state index >= 15 is 0 Å². The first-order valence-corrected chi connectivity index (χ1v) is 3.81. The Balaban J connectivity index is 2.05. The lowest BCUT2D eigenvalue weighted by molar-refractivity contribution is -0.144. The zero-order chi connectivity index (χ0) is 7.59. The molecule has 2 bridgehead atoms. The van der Waals surface area contributed by atoms with Crippen molar-refractivity contribution in [3.8, 4) is 0 Å². The average molecular weight is 156 g/mol. The fourth-order valence-corrected chi connectivity index (χ4v) is 2.29. The van der Waals surface area contributed by atoms with Crippen LogP contribution in [-0.4, -0.2) is 35.5 Å². The minimum atomic E-state index is -0.619. The number of hydrogen-bond donors (Lipinski definition) is 1. The fourth-order valence-electron chi connectivity index (χ4n) is 2.29. The first-order chi connectivity index (χ1) is 5.27. The van der Waals surface area contributed by atoms with E-state index < -0.39 is 12.0 Å². The molecule has 3 heterocycles. The van der Waals surface area contributed by atoms with Crippen LogP contribution in [0.2, 0.25) is 0 Å². The molecule has 0 saturated carbocycles. The smallest absolute Gasteiger partial charge is 0.314 e. The molecule has 3 aliphatic rings. The third-order valence-corrected chi connectivity index (χ3v) is 2.81. The van der Waals surface area contributed by atoms with Gasteiger partial charge < -0.3 is 14.6 Å². The van der Waals surface area contributed by atoms with Crippen molar-refractivity contribution in [3.05, 3.63) is 0 Å². The van der Waals surface area contributed by atoms with Gasteiger partial charge in [0.15, 0.2) is 0 Å². The normalized spacial score (nSPS) is 58.6. The highest BCUT2D eigenvalue weighted by Crippen LogP contribution is 2.45. The quantitative estimate of drug-likeness (QED) is 0.460. The zero-order valence-electron chi connectivity index (χ0n) is 5.77. The molecule has 3 saturated heterocycles. The van der Waals surface area contributed by atoms with Crippen LogP contribution in [-0.2, 0) is 14.3 Å². The molecular weight excluding hydrogens is 148 g/mol. The van der Waals surface area contributed by atoms with E-state index in [-0.39, 0.29) is 24.3 Å². The number of carbonyl (C=O) groups is 1. The summed E-state index contributed by atoms with van der Waals surface area (Å²) in [4.78, 5) is 11.0. The minimum Gasteiger partial charge on any atom is -0.459 e. The van der Waals surface area contributed by atoms with Crippen LogP contribution < -0.4 is 0 Å². The van der Waals surface area contributed by atoms with E-state index in [9.17, 15) is 9.90 Å². The number of ether oxygens (including phenoxy) is 2. The molecule has 4 heteroatoms. The summed E-state index contributed by atoms with van der Waals surface area (Å²) in [5, 5.41) is 9.45. The lowest BCUT2D eigenvalue weighted by Gasteiger charge is -2.14. The predicted molar refractivity (Wildman–Crippen MR) is 32.7 cm³/mol. The van der Waals surface area contributed by atoms with Crippen LogP contribution in [0.4, 0.5) is 0 Å². The Bertz CT molecular complexity index is 224. The van der Waals surface area contributed by atoms with Gasteiger partial charge in [-0.2, -0.15) is 0 Å². The van der Waals surface area contributed by atoms with Crippen LogP contribution in [0.15, 0.2) is 0 Å². The molecule has 4 nitrogen and oxygen atoms in total. The Morgan fingerprint density at radius 1 is 1.45 bits per heavy atom. The van der Waals surface area contributed by atoms with Gasteiger partial charge in [0.25, 0.3) is 0 Å². The molecule has 0 aromatic rings. The SMILES string of the molecule is O=C1O[C@@H]2C[C@H]3O[C@H]2[C@@H]1[C@H]3O. The summed E-state index contributed by atoms with van der Waals surface area (Å²) in [7, 11) is 0. The molecule has 0 spiro atoms. The molecular formula is C7H8O4. The van der Waals surface area contributed by atoms with Gasteiger partial charge in [0.05, 0.1) is 12.2 Å². The van der Waals surface area contributed by atoms with Gasteiger partial charge in [-0.1, -0.05) is 0 Å². The molecule has 1 N–H and O–H groups in total. The Morgan fingerprint density at radius 3 is 2.91 bits per heavy atom. The van der Waals surface area contributed by atoms with Gasteiger partial charge >= 0.3 is 5.97 Å². The number of carbonyl (C=O) groups excluding carboxylic acids is 1. The number of esters is 1. The molecule has 0 aliphatic carbocycles. The van der Waals surface area contributed by atoms with Gasteiger partial charge in [-0.15, -0.1) is 0 Å². The van der Waals surface area contributed by atoms with E-state index in [1.165, 1.54) is 0 Å². The van der Waals surface area contributed by atoms with Crippen molar-refractivity contribution in [2.45, 2.75) is 30.8 Å². The average Bonchev–Trinajstić information content (AvgIpc) is 2.47. The zero-order valence-corrected chi connectivity index (χ0v) is 5.77. The molecule has 11 heavy (non-hydrogen) atoms. The Kier molecular flexibility index (Phi) is 0.863. The Morgan fingerprint density at radius 2 is 2.27 bits per heavy atom. The van der Waals surface area contributed by atoms with Gasteiger partial charge in [0, 0.05) is 6.42 Å². The maximum absolute atomic E-state index is 11.0. The van der Waals surface area contributed by atoms with E-state index in [4.69, 9.17) is 9.47 Å². The summed E-state index contributed by atoms with van der Waals surface area (Å²) in [6, 6.07) is 0. The monoisotopic (exact) mass is 156 g/mol. The number of hydrogen-bond acceptors (Lipinski definition) is 4. The van der Waals surface area contributed by atoms with Crippen molar-refractivity contribution in [2.75, 3.05) is 0 Å². The standard InChI is InChI=1S/C7H8O4/c8-5-2-1-3-6(10-2)4(5)7(9)11-3/h2-6,8H,1H2/t2-,3-,4+,5+,6-/m1/s1. The molecule has 3 aliphatic heterocycles. The van der Waals surface area contributed by atoms with Crippen LogP contribution in [0.1, 0.15) is 6.42 Å². The Labute approximate surface area is 63.1 Å².